The highest BCUT2D eigenvalue weighted by Gasteiger charge is 2.21. The summed E-state index contributed by atoms with van der Waals surface area (Å²) in [5, 5.41) is 9.85. The van der Waals surface area contributed by atoms with Gasteiger partial charge in [0.1, 0.15) is 17.7 Å². The molecule has 4 rings (SSSR count). The standard InChI is InChI=1S/C33H36FNO4/c1-4-8-30(24-14-13-23(19-21(2)3)27(34)20-24)39-25-17-15-22(16-18-25)33(38)32-26-9-5-6-10-28(26)35-29(32)11-7-12-31(36)37/h5-6,9-10,13-18,20-21,30,35H,4,7-8,11-12,19H2,1-3H3,(H,36,37). The number of aryl methyl sites for hydroxylation is 1. The molecular formula is C33H36FNO4. The smallest absolute Gasteiger partial charge is 0.303 e. The van der Waals surface area contributed by atoms with Crippen molar-refractivity contribution in [3.05, 3.63) is 100 Å². The van der Waals surface area contributed by atoms with E-state index in [1.807, 2.05) is 36.4 Å². The van der Waals surface area contributed by atoms with Crippen molar-refractivity contribution in [3.63, 3.8) is 0 Å². The Morgan fingerprint density at radius 3 is 2.44 bits per heavy atom. The van der Waals surface area contributed by atoms with E-state index in [0.29, 0.717) is 47.6 Å². The highest BCUT2D eigenvalue weighted by atomic mass is 19.1. The van der Waals surface area contributed by atoms with Gasteiger partial charge < -0.3 is 14.8 Å². The largest absolute Gasteiger partial charge is 0.486 e. The molecule has 0 fully saturated rings. The van der Waals surface area contributed by atoms with Crippen LogP contribution in [0.4, 0.5) is 4.39 Å². The van der Waals surface area contributed by atoms with Gasteiger partial charge in [-0.2, -0.15) is 0 Å². The Bertz CT molecular complexity index is 1440. The van der Waals surface area contributed by atoms with Crippen LogP contribution in [0.15, 0.2) is 66.7 Å². The van der Waals surface area contributed by atoms with Crippen LogP contribution >= 0.6 is 0 Å². The lowest BCUT2D eigenvalue weighted by atomic mass is 9.97. The van der Waals surface area contributed by atoms with E-state index < -0.39 is 5.97 Å². The molecule has 204 valence electrons. The van der Waals surface area contributed by atoms with E-state index in [0.717, 1.165) is 35.0 Å². The van der Waals surface area contributed by atoms with E-state index in [2.05, 4.69) is 25.8 Å². The fourth-order valence-corrected chi connectivity index (χ4v) is 4.98. The Balaban J connectivity index is 1.55. The minimum atomic E-state index is -0.856. The van der Waals surface area contributed by atoms with E-state index in [4.69, 9.17) is 9.84 Å². The summed E-state index contributed by atoms with van der Waals surface area (Å²) >= 11 is 0. The second-order valence-corrected chi connectivity index (χ2v) is 10.5. The molecule has 2 N–H and O–H groups in total. The number of benzene rings is 3. The Kier molecular flexibility index (Phi) is 9.18. The van der Waals surface area contributed by atoms with Gasteiger partial charge in [0.2, 0.25) is 0 Å². The maximum absolute atomic E-state index is 14.8. The number of carbonyl (C=O) groups excluding carboxylic acids is 1. The molecule has 0 saturated carbocycles. The monoisotopic (exact) mass is 529 g/mol. The highest BCUT2D eigenvalue weighted by Crippen LogP contribution is 2.30. The zero-order valence-electron chi connectivity index (χ0n) is 22.8. The molecule has 0 aliphatic carbocycles. The Labute approximate surface area is 229 Å². The third-order valence-electron chi connectivity index (χ3n) is 6.85. The van der Waals surface area contributed by atoms with Crippen LogP contribution in [0.3, 0.4) is 0 Å². The van der Waals surface area contributed by atoms with Crippen LogP contribution in [-0.4, -0.2) is 21.8 Å². The summed E-state index contributed by atoms with van der Waals surface area (Å²) in [7, 11) is 0. The number of rotatable bonds is 13. The van der Waals surface area contributed by atoms with Crippen molar-refractivity contribution in [1.29, 1.82) is 0 Å². The van der Waals surface area contributed by atoms with Crippen molar-refractivity contribution in [2.45, 2.75) is 65.4 Å². The van der Waals surface area contributed by atoms with Crippen LogP contribution in [0.1, 0.15) is 85.3 Å². The number of ketones is 1. The van der Waals surface area contributed by atoms with Crippen molar-refractivity contribution in [3.8, 4) is 5.75 Å². The fraction of sp³-hybridized carbons (Fsp3) is 0.333. The van der Waals surface area contributed by atoms with Gasteiger partial charge in [-0.3, -0.25) is 9.59 Å². The number of halogens is 1. The number of nitrogens with one attached hydrogen (secondary N) is 1. The molecule has 0 aliphatic rings. The van der Waals surface area contributed by atoms with Crippen LogP contribution in [0, 0.1) is 11.7 Å². The molecule has 0 amide bonds. The summed E-state index contributed by atoms with van der Waals surface area (Å²) in [6.07, 6.45) is 2.95. The number of aromatic nitrogens is 1. The Morgan fingerprint density at radius 2 is 1.77 bits per heavy atom. The summed E-state index contributed by atoms with van der Waals surface area (Å²) in [6.45, 7) is 6.21. The van der Waals surface area contributed by atoms with E-state index >= 15 is 0 Å². The van der Waals surface area contributed by atoms with E-state index in [-0.39, 0.29) is 24.1 Å². The molecule has 0 saturated heterocycles. The molecular weight excluding hydrogens is 493 g/mol. The maximum Gasteiger partial charge on any atom is 0.303 e. The van der Waals surface area contributed by atoms with Gasteiger partial charge in [0.25, 0.3) is 0 Å². The van der Waals surface area contributed by atoms with Gasteiger partial charge >= 0.3 is 5.97 Å². The van der Waals surface area contributed by atoms with E-state index in [1.165, 1.54) is 0 Å². The predicted octanol–water partition coefficient (Wildman–Crippen LogP) is 8.06. The van der Waals surface area contributed by atoms with Gasteiger partial charge in [0.15, 0.2) is 5.78 Å². The van der Waals surface area contributed by atoms with Crippen LogP contribution in [0.25, 0.3) is 10.9 Å². The number of H-pyrrole nitrogens is 1. The summed E-state index contributed by atoms with van der Waals surface area (Å²) in [5.41, 5.74) is 4.19. The predicted molar refractivity (Wildman–Crippen MR) is 152 cm³/mol. The number of ether oxygens (including phenoxy) is 1. The molecule has 0 aliphatic heterocycles. The lowest BCUT2D eigenvalue weighted by Crippen LogP contribution is -2.09. The average Bonchev–Trinajstić information content (AvgIpc) is 3.27. The molecule has 1 heterocycles. The zero-order chi connectivity index (χ0) is 27.9. The number of carboxylic acids is 1. The molecule has 5 nitrogen and oxygen atoms in total. The van der Waals surface area contributed by atoms with Gasteiger partial charge in [-0.05, 0) is 79.1 Å². The van der Waals surface area contributed by atoms with Crippen molar-refractivity contribution in [2.24, 2.45) is 5.92 Å². The van der Waals surface area contributed by atoms with Gasteiger partial charge in [-0.15, -0.1) is 0 Å². The normalized spacial score (nSPS) is 12.1. The summed E-state index contributed by atoms with van der Waals surface area (Å²) in [4.78, 5) is 27.9. The Hall–Kier alpha value is -3.93. The van der Waals surface area contributed by atoms with E-state index in [9.17, 15) is 14.0 Å². The van der Waals surface area contributed by atoms with Crippen LogP contribution in [0.2, 0.25) is 0 Å². The molecule has 39 heavy (non-hydrogen) atoms. The first-order valence-electron chi connectivity index (χ1n) is 13.7. The number of aliphatic carboxylic acids is 1. The Morgan fingerprint density at radius 1 is 1.03 bits per heavy atom. The van der Waals surface area contributed by atoms with Crippen molar-refractivity contribution >= 4 is 22.7 Å². The second-order valence-electron chi connectivity index (χ2n) is 10.5. The molecule has 0 bridgehead atoms. The molecule has 4 aromatic rings. The zero-order valence-corrected chi connectivity index (χ0v) is 22.8. The second kappa shape index (κ2) is 12.7. The molecule has 0 radical (unpaired) electrons. The molecule has 0 spiro atoms. The third kappa shape index (κ3) is 6.94. The lowest BCUT2D eigenvalue weighted by molar-refractivity contribution is -0.137. The van der Waals surface area contributed by atoms with Gasteiger partial charge in [0.05, 0.1) is 5.56 Å². The summed E-state index contributed by atoms with van der Waals surface area (Å²) in [5.74, 6) is -0.205. The minimum Gasteiger partial charge on any atom is -0.486 e. The number of carboxylic acid groups (broad SMARTS) is 1. The van der Waals surface area contributed by atoms with Gasteiger partial charge in [0, 0.05) is 28.6 Å². The number of carbonyl (C=O) groups is 2. The van der Waals surface area contributed by atoms with Crippen molar-refractivity contribution < 1.29 is 23.8 Å². The van der Waals surface area contributed by atoms with Crippen LogP contribution < -0.4 is 4.74 Å². The first-order valence-corrected chi connectivity index (χ1v) is 13.7. The van der Waals surface area contributed by atoms with Crippen molar-refractivity contribution in [2.75, 3.05) is 0 Å². The summed E-state index contributed by atoms with van der Waals surface area (Å²) in [6, 6.07) is 20.0. The number of para-hydroxylation sites is 1. The van der Waals surface area contributed by atoms with E-state index in [1.54, 1.807) is 30.3 Å². The SMILES string of the molecule is CCCC(Oc1ccc(C(=O)c2c(CCCC(=O)O)[nH]c3ccccc23)cc1)c1ccc(CC(C)C)c(F)c1. The fourth-order valence-electron chi connectivity index (χ4n) is 4.98. The molecule has 3 aromatic carbocycles. The van der Waals surface area contributed by atoms with Crippen LogP contribution in [-0.2, 0) is 17.6 Å². The topological polar surface area (TPSA) is 79.4 Å². The number of hydrogen-bond donors (Lipinski definition) is 2. The third-order valence-corrected chi connectivity index (χ3v) is 6.85. The molecule has 1 aromatic heterocycles. The molecule has 1 unspecified atom stereocenters. The lowest BCUT2D eigenvalue weighted by Gasteiger charge is -2.20. The number of aromatic amines is 1. The maximum atomic E-state index is 14.8. The van der Waals surface area contributed by atoms with Gasteiger partial charge in [-0.1, -0.05) is 57.5 Å². The first-order chi connectivity index (χ1) is 18.8. The molecule has 6 heteroatoms. The quantitative estimate of drug-likeness (QED) is 0.172. The van der Waals surface area contributed by atoms with Gasteiger partial charge in [-0.25, -0.2) is 4.39 Å². The molecule has 1 atom stereocenters. The minimum absolute atomic E-state index is 0.0400. The summed E-state index contributed by atoms with van der Waals surface area (Å²) < 4.78 is 21.0. The first kappa shape index (κ1) is 28.1. The van der Waals surface area contributed by atoms with Crippen molar-refractivity contribution in [1.82, 2.24) is 4.98 Å². The highest BCUT2D eigenvalue weighted by molar-refractivity contribution is 6.17. The number of fused-ring (bicyclic) bond motifs is 1. The van der Waals surface area contributed by atoms with Crippen LogP contribution in [0.5, 0.6) is 5.75 Å². The average molecular weight is 530 g/mol. The number of hydrogen-bond acceptors (Lipinski definition) is 3.